The Balaban J connectivity index is 2.80. The first-order chi connectivity index (χ1) is 6.77. The van der Waals surface area contributed by atoms with Gasteiger partial charge in [0.25, 0.3) is 0 Å². The van der Waals surface area contributed by atoms with E-state index in [4.69, 9.17) is 4.74 Å². The van der Waals surface area contributed by atoms with Crippen molar-refractivity contribution in [1.29, 1.82) is 0 Å². The van der Waals surface area contributed by atoms with Gasteiger partial charge in [0, 0.05) is 12.1 Å². The van der Waals surface area contributed by atoms with Crippen LogP contribution >= 0.6 is 0 Å². The first-order valence-electron chi connectivity index (χ1n) is 4.17. The highest BCUT2D eigenvalue weighted by atomic mass is 16.5. The van der Waals surface area contributed by atoms with Crippen molar-refractivity contribution in [3.63, 3.8) is 0 Å². The Hall–Kier alpha value is -1.84. The van der Waals surface area contributed by atoms with Gasteiger partial charge < -0.3 is 9.94 Å². The van der Waals surface area contributed by atoms with Crippen LogP contribution < -0.4 is 4.74 Å². The van der Waals surface area contributed by atoms with Crippen LogP contribution in [-0.4, -0.2) is 18.5 Å². The molecule has 1 rings (SSSR count). The van der Waals surface area contributed by atoms with Gasteiger partial charge in [-0.25, -0.2) is 0 Å². The van der Waals surface area contributed by atoms with Gasteiger partial charge in [-0.2, -0.15) is 0 Å². The van der Waals surface area contributed by atoms with Crippen LogP contribution in [0.3, 0.4) is 0 Å². The molecule has 0 aromatic heterocycles. The second kappa shape index (κ2) is 5.01. The van der Waals surface area contributed by atoms with E-state index in [0.29, 0.717) is 22.8 Å². The molecule has 0 aliphatic rings. The number of ether oxygens (including phenoxy) is 1. The molecule has 4 nitrogen and oxygen atoms in total. The van der Waals surface area contributed by atoms with Gasteiger partial charge in [0.15, 0.2) is 0 Å². The molecule has 1 aromatic rings. The lowest BCUT2D eigenvalue weighted by Gasteiger charge is -2.00. The second-order valence-corrected chi connectivity index (χ2v) is 2.58. The summed E-state index contributed by atoms with van der Waals surface area (Å²) < 4.78 is 4.96. The Morgan fingerprint density at radius 3 is 2.64 bits per heavy atom. The first kappa shape index (κ1) is 10.2. The third-order valence-corrected chi connectivity index (χ3v) is 1.63. The molecular formula is C10H12N2O2. The van der Waals surface area contributed by atoms with Crippen molar-refractivity contribution in [3.05, 3.63) is 42.1 Å². The summed E-state index contributed by atoms with van der Waals surface area (Å²) in [6.45, 7) is 3.79. The zero-order valence-electron chi connectivity index (χ0n) is 8.01. The maximum Gasteiger partial charge on any atom is 0.244 e. The fraction of sp³-hybridized carbons (Fsp3) is 0.200. The van der Waals surface area contributed by atoms with Crippen molar-refractivity contribution in [2.45, 2.75) is 0 Å². The quantitative estimate of drug-likeness (QED) is 0.318. The van der Waals surface area contributed by atoms with Crippen molar-refractivity contribution in [2.75, 3.05) is 13.7 Å². The number of hydrogen-bond donors (Lipinski definition) is 0. The molecule has 0 N–H and O–H groups in total. The maximum absolute atomic E-state index is 11.3. The second-order valence-electron chi connectivity index (χ2n) is 2.58. The van der Waals surface area contributed by atoms with Crippen molar-refractivity contribution in [3.8, 4) is 5.75 Å². The van der Waals surface area contributed by atoms with Crippen LogP contribution in [-0.2, 0) is 0 Å². The predicted molar refractivity (Wildman–Crippen MR) is 53.8 cm³/mol. The lowest BCUT2D eigenvalue weighted by atomic mass is 10.3. The fourth-order valence-corrected chi connectivity index (χ4v) is 0.923. The van der Waals surface area contributed by atoms with Gasteiger partial charge in [-0.1, -0.05) is 10.9 Å². The summed E-state index contributed by atoms with van der Waals surface area (Å²) in [5, 5.41) is 15.0. The molecule has 74 valence electrons. The van der Waals surface area contributed by atoms with Crippen LogP contribution in [0.25, 0.3) is 0 Å². The van der Waals surface area contributed by atoms with E-state index < -0.39 is 0 Å². The van der Waals surface area contributed by atoms with Crippen LogP contribution in [0, 0.1) is 5.21 Å². The Morgan fingerprint density at radius 2 is 2.14 bits per heavy atom. The topological polar surface area (TPSA) is 47.7 Å². The highest BCUT2D eigenvalue weighted by molar-refractivity contribution is 5.35. The van der Waals surface area contributed by atoms with Crippen molar-refractivity contribution in [2.24, 2.45) is 5.11 Å². The molecule has 0 unspecified atom stereocenters. The number of benzene rings is 1. The average Bonchev–Trinajstić information content (AvgIpc) is 2.26. The summed E-state index contributed by atoms with van der Waals surface area (Å²) in [5.74, 6) is 0.714. The highest BCUT2D eigenvalue weighted by Gasteiger charge is 2.01. The molecule has 4 heteroatoms. The zero-order chi connectivity index (χ0) is 10.4. The summed E-state index contributed by atoms with van der Waals surface area (Å²) in [6.07, 6.45) is 1.56. The Morgan fingerprint density at radius 1 is 1.50 bits per heavy atom. The van der Waals surface area contributed by atoms with E-state index in [1.807, 2.05) is 0 Å². The van der Waals surface area contributed by atoms with E-state index in [1.54, 1.807) is 37.5 Å². The summed E-state index contributed by atoms with van der Waals surface area (Å²) in [7, 11) is 1.58. The van der Waals surface area contributed by atoms with Gasteiger partial charge in [0.05, 0.1) is 7.11 Å². The van der Waals surface area contributed by atoms with Crippen molar-refractivity contribution < 1.29 is 9.60 Å². The van der Waals surface area contributed by atoms with E-state index in [1.165, 1.54) is 0 Å². The molecule has 1 aromatic carbocycles. The van der Waals surface area contributed by atoms with Gasteiger partial charge in [-0.15, -0.1) is 6.58 Å². The minimum absolute atomic E-state index is 0.315. The third kappa shape index (κ3) is 2.58. The lowest BCUT2D eigenvalue weighted by molar-refractivity contribution is -0.441. The summed E-state index contributed by atoms with van der Waals surface area (Å²) in [6, 6.07) is 6.73. The van der Waals surface area contributed by atoms with E-state index in [2.05, 4.69) is 11.7 Å². The number of azo groups is 1. The van der Waals surface area contributed by atoms with Gasteiger partial charge in [-0.05, 0) is 17.2 Å². The molecule has 0 spiro atoms. The molecule has 0 atom stereocenters. The molecule has 0 bridgehead atoms. The van der Waals surface area contributed by atoms with Crippen LogP contribution in [0.4, 0.5) is 5.69 Å². The number of nitrogens with zero attached hydrogens (tertiary/aromatic N) is 2. The molecule has 0 saturated carbocycles. The molecule has 0 amide bonds. The average molecular weight is 192 g/mol. The van der Waals surface area contributed by atoms with Gasteiger partial charge in [0.2, 0.25) is 5.69 Å². The summed E-state index contributed by atoms with van der Waals surface area (Å²) in [5.41, 5.74) is 0.479. The Bertz CT molecular complexity index is 330. The van der Waals surface area contributed by atoms with E-state index in [9.17, 15) is 5.21 Å². The maximum atomic E-state index is 11.3. The number of rotatable bonds is 4. The van der Waals surface area contributed by atoms with Crippen LogP contribution in [0.2, 0.25) is 0 Å². The van der Waals surface area contributed by atoms with Gasteiger partial charge in [-0.3, -0.25) is 0 Å². The highest BCUT2D eigenvalue weighted by Crippen LogP contribution is 2.17. The van der Waals surface area contributed by atoms with Crippen molar-refractivity contribution >= 4 is 5.69 Å². The van der Waals surface area contributed by atoms with Crippen LogP contribution in [0.1, 0.15) is 0 Å². The minimum atomic E-state index is 0.315. The van der Waals surface area contributed by atoms with E-state index >= 15 is 0 Å². The third-order valence-electron chi connectivity index (χ3n) is 1.63. The normalized spacial score (nSPS) is 11.1. The molecule has 0 fully saturated rings. The predicted octanol–water partition coefficient (Wildman–Crippen LogP) is 2.48. The van der Waals surface area contributed by atoms with Gasteiger partial charge in [0.1, 0.15) is 12.3 Å². The number of hydrogen-bond acceptors (Lipinski definition) is 3. The molecule has 0 saturated heterocycles. The Labute approximate surface area is 82.7 Å². The zero-order valence-corrected chi connectivity index (χ0v) is 8.01. The number of methoxy groups -OCH3 is 1. The van der Waals surface area contributed by atoms with Crippen LogP contribution in [0.5, 0.6) is 5.75 Å². The molecule has 0 aliphatic heterocycles. The summed E-state index contributed by atoms with van der Waals surface area (Å²) in [4.78, 5) is 0.571. The molecular weight excluding hydrogens is 180 g/mol. The summed E-state index contributed by atoms with van der Waals surface area (Å²) >= 11 is 0. The largest absolute Gasteiger partial charge is 0.594 e. The minimum Gasteiger partial charge on any atom is -0.594 e. The standard InChI is InChI=1S/C10H12N2O2/c1-3-8-11-12(13)9-4-6-10(14-2)7-5-9/h3-7H,1,8H2,2H3. The van der Waals surface area contributed by atoms with E-state index in [-0.39, 0.29) is 0 Å². The molecule has 0 radical (unpaired) electrons. The smallest absolute Gasteiger partial charge is 0.244 e. The van der Waals surface area contributed by atoms with Gasteiger partial charge >= 0.3 is 0 Å². The molecule has 14 heavy (non-hydrogen) atoms. The van der Waals surface area contributed by atoms with Crippen molar-refractivity contribution in [1.82, 2.24) is 0 Å². The Kier molecular flexibility index (Phi) is 3.67. The molecule has 0 heterocycles. The van der Waals surface area contributed by atoms with E-state index in [0.717, 1.165) is 0 Å². The SMILES string of the molecule is C=CCN=[N+]([O-])c1ccc(OC)cc1. The van der Waals surface area contributed by atoms with Crippen LogP contribution in [0.15, 0.2) is 42.0 Å². The molecule has 0 aliphatic carbocycles. The monoisotopic (exact) mass is 192 g/mol. The fourth-order valence-electron chi connectivity index (χ4n) is 0.923. The lowest BCUT2D eigenvalue weighted by Crippen LogP contribution is -1.92. The first-order valence-corrected chi connectivity index (χ1v) is 4.17.